The van der Waals surface area contributed by atoms with Crippen molar-refractivity contribution in [3.05, 3.63) is 64.7 Å². The zero-order valence-electron chi connectivity index (χ0n) is 16.2. The summed E-state index contributed by atoms with van der Waals surface area (Å²) in [5.74, 6) is -0.337. The summed E-state index contributed by atoms with van der Waals surface area (Å²) in [7, 11) is 0. The van der Waals surface area contributed by atoms with Crippen molar-refractivity contribution in [2.45, 2.75) is 27.7 Å². The van der Waals surface area contributed by atoms with Crippen LogP contribution in [0.4, 0.5) is 11.4 Å². The van der Waals surface area contributed by atoms with Gasteiger partial charge in [0.25, 0.3) is 5.91 Å². The summed E-state index contributed by atoms with van der Waals surface area (Å²) >= 11 is 0. The van der Waals surface area contributed by atoms with E-state index in [-0.39, 0.29) is 17.0 Å². The van der Waals surface area contributed by atoms with E-state index in [2.05, 4.69) is 24.1 Å². The van der Waals surface area contributed by atoms with Crippen molar-refractivity contribution in [2.24, 2.45) is 0 Å². The van der Waals surface area contributed by atoms with E-state index < -0.39 is 0 Å². The molecule has 1 aromatic heterocycles. The van der Waals surface area contributed by atoms with Crippen LogP contribution in [0, 0.1) is 19.3 Å². The monoisotopic (exact) mass is 363 g/mol. The topological polar surface area (TPSA) is 69.3 Å². The number of aryl methyl sites for hydroxylation is 2. The Labute approximate surface area is 159 Å². The van der Waals surface area contributed by atoms with Gasteiger partial charge in [-0.25, -0.2) is 0 Å². The normalized spacial score (nSPS) is 10.8. The number of nitrogens with one attached hydrogen (secondary N) is 2. The third-order valence-electron chi connectivity index (χ3n) is 4.85. The molecule has 3 aromatic rings. The summed E-state index contributed by atoms with van der Waals surface area (Å²) < 4.78 is 5.67. The second-order valence-electron chi connectivity index (χ2n) is 6.60. The standard InChI is InChI=1S/C22H25N3O2/c1-5-25(6-2)17-11-10-16-12-18(21(23)27-19(16)13-17)22(26)24-20-14(3)8-7-9-15(20)4/h7-13,23H,5-6H2,1-4H3,(H,24,26). The number of carbonyl (C=O) groups is 1. The fraction of sp³-hybridized carbons (Fsp3) is 0.273. The summed E-state index contributed by atoms with van der Waals surface area (Å²) in [5.41, 5.74) is 4.48. The van der Waals surface area contributed by atoms with Crippen molar-refractivity contribution in [2.75, 3.05) is 23.3 Å². The predicted molar refractivity (Wildman–Crippen MR) is 109 cm³/mol. The third-order valence-corrected chi connectivity index (χ3v) is 4.85. The Balaban J connectivity index is 1.98. The van der Waals surface area contributed by atoms with Gasteiger partial charge in [-0.3, -0.25) is 10.2 Å². The minimum atomic E-state index is -0.337. The molecule has 5 heteroatoms. The van der Waals surface area contributed by atoms with Gasteiger partial charge in [0, 0.05) is 35.9 Å². The van der Waals surface area contributed by atoms with Crippen LogP contribution >= 0.6 is 0 Å². The second-order valence-corrected chi connectivity index (χ2v) is 6.60. The third kappa shape index (κ3) is 3.72. The highest BCUT2D eigenvalue weighted by atomic mass is 16.3. The minimum Gasteiger partial charge on any atom is -0.438 e. The van der Waals surface area contributed by atoms with Gasteiger partial charge in [0.2, 0.25) is 5.55 Å². The molecule has 1 amide bonds. The second kappa shape index (κ2) is 7.66. The quantitative estimate of drug-likeness (QED) is 0.694. The maximum Gasteiger partial charge on any atom is 0.261 e. The van der Waals surface area contributed by atoms with Crippen LogP contribution in [0.5, 0.6) is 0 Å². The number of amides is 1. The van der Waals surface area contributed by atoms with Gasteiger partial charge >= 0.3 is 0 Å². The molecular weight excluding hydrogens is 338 g/mol. The average molecular weight is 363 g/mol. The van der Waals surface area contributed by atoms with Crippen LogP contribution in [0.3, 0.4) is 0 Å². The van der Waals surface area contributed by atoms with Gasteiger partial charge in [0.1, 0.15) is 11.1 Å². The van der Waals surface area contributed by atoms with Crippen LogP contribution < -0.4 is 15.8 Å². The molecular formula is C22H25N3O2. The molecule has 0 aliphatic heterocycles. The number of carbonyl (C=O) groups excluding carboxylic acids is 1. The van der Waals surface area contributed by atoms with Crippen molar-refractivity contribution in [1.29, 1.82) is 5.41 Å². The molecule has 3 rings (SSSR count). The summed E-state index contributed by atoms with van der Waals surface area (Å²) in [6.45, 7) is 9.88. The highest BCUT2D eigenvalue weighted by molar-refractivity contribution is 6.06. The summed E-state index contributed by atoms with van der Waals surface area (Å²) in [5, 5.41) is 11.9. The molecule has 5 nitrogen and oxygen atoms in total. The maximum atomic E-state index is 12.8. The first-order chi connectivity index (χ1) is 12.9. The number of hydrogen-bond acceptors (Lipinski definition) is 4. The van der Waals surface area contributed by atoms with E-state index in [0.717, 1.165) is 41.0 Å². The van der Waals surface area contributed by atoms with E-state index in [4.69, 9.17) is 9.83 Å². The molecule has 140 valence electrons. The molecule has 2 N–H and O–H groups in total. The smallest absolute Gasteiger partial charge is 0.261 e. The number of rotatable bonds is 5. The maximum absolute atomic E-state index is 12.8. The molecule has 0 fully saturated rings. The van der Waals surface area contributed by atoms with Crippen LogP contribution in [0.15, 0.2) is 46.9 Å². The first kappa shape index (κ1) is 18.7. The van der Waals surface area contributed by atoms with Gasteiger partial charge in [-0.05, 0) is 57.0 Å². The highest BCUT2D eigenvalue weighted by Gasteiger charge is 2.15. The molecule has 1 heterocycles. The van der Waals surface area contributed by atoms with Crippen molar-refractivity contribution in [1.82, 2.24) is 0 Å². The zero-order chi connectivity index (χ0) is 19.6. The van der Waals surface area contributed by atoms with E-state index in [0.29, 0.717) is 5.58 Å². The average Bonchev–Trinajstić information content (AvgIpc) is 2.65. The van der Waals surface area contributed by atoms with E-state index in [1.807, 2.05) is 50.2 Å². The van der Waals surface area contributed by atoms with Crippen LogP contribution in [-0.2, 0) is 0 Å². The molecule has 0 radical (unpaired) electrons. The lowest BCUT2D eigenvalue weighted by atomic mass is 10.1. The Bertz CT molecular complexity index is 1030. The molecule has 0 aliphatic carbocycles. The summed E-state index contributed by atoms with van der Waals surface area (Å²) in [6, 6.07) is 13.4. The van der Waals surface area contributed by atoms with Gasteiger partial charge in [-0.15, -0.1) is 0 Å². The lowest BCUT2D eigenvalue weighted by Crippen LogP contribution is -2.22. The van der Waals surface area contributed by atoms with Crippen LogP contribution in [-0.4, -0.2) is 19.0 Å². The minimum absolute atomic E-state index is 0.136. The van der Waals surface area contributed by atoms with E-state index in [9.17, 15) is 4.79 Å². The van der Waals surface area contributed by atoms with Crippen molar-refractivity contribution >= 4 is 28.3 Å². The zero-order valence-corrected chi connectivity index (χ0v) is 16.2. The Morgan fingerprint density at radius 1 is 1.07 bits per heavy atom. The van der Waals surface area contributed by atoms with Gasteiger partial charge in [-0.2, -0.15) is 0 Å². The summed E-state index contributed by atoms with van der Waals surface area (Å²) in [4.78, 5) is 15.0. The Hall–Kier alpha value is -3.08. The molecule has 0 saturated heterocycles. The molecule has 0 spiro atoms. The molecule has 27 heavy (non-hydrogen) atoms. The largest absolute Gasteiger partial charge is 0.438 e. The van der Waals surface area contributed by atoms with Crippen LogP contribution in [0.2, 0.25) is 0 Å². The van der Waals surface area contributed by atoms with Gasteiger partial charge in [0.05, 0.1) is 0 Å². The Kier molecular flexibility index (Phi) is 5.31. The highest BCUT2D eigenvalue weighted by Crippen LogP contribution is 2.23. The number of fused-ring (bicyclic) bond motifs is 1. The number of para-hydroxylation sites is 1. The van der Waals surface area contributed by atoms with Crippen LogP contribution in [0.25, 0.3) is 11.0 Å². The predicted octanol–water partition coefficient (Wildman–Crippen LogP) is 4.63. The Morgan fingerprint density at radius 3 is 2.37 bits per heavy atom. The molecule has 0 bridgehead atoms. The van der Waals surface area contributed by atoms with Gasteiger partial charge in [0.15, 0.2) is 0 Å². The van der Waals surface area contributed by atoms with Gasteiger partial charge in [-0.1, -0.05) is 18.2 Å². The SMILES string of the molecule is CCN(CC)c1ccc2cc(C(=O)Nc3c(C)cccc3C)c(=N)oc2c1. The first-order valence-corrected chi connectivity index (χ1v) is 9.19. The van der Waals surface area contributed by atoms with Crippen molar-refractivity contribution < 1.29 is 9.21 Å². The fourth-order valence-electron chi connectivity index (χ4n) is 3.26. The van der Waals surface area contributed by atoms with E-state index in [1.165, 1.54) is 0 Å². The molecule has 0 aliphatic rings. The fourth-order valence-corrected chi connectivity index (χ4v) is 3.26. The van der Waals surface area contributed by atoms with Crippen LogP contribution in [0.1, 0.15) is 35.3 Å². The lowest BCUT2D eigenvalue weighted by molar-refractivity contribution is 0.102. The number of hydrogen-bond donors (Lipinski definition) is 2. The van der Waals surface area contributed by atoms with E-state index in [1.54, 1.807) is 6.07 Å². The lowest BCUT2D eigenvalue weighted by Gasteiger charge is -2.21. The van der Waals surface area contributed by atoms with Crippen molar-refractivity contribution in [3.63, 3.8) is 0 Å². The summed E-state index contributed by atoms with van der Waals surface area (Å²) in [6.07, 6.45) is 0. The number of benzene rings is 2. The van der Waals surface area contributed by atoms with Gasteiger partial charge < -0.3 is 14.6 Å². The number of nitrogens with zero attached hydrogens (tertiary/aromatic N) is 1. The number of anilines is 2. The molecule has 0 atom stereocenters. The Morgan fingerprint density at radius 2 is 1.74 bits per heavy atom. The first-order valence-electron chi connectivity index (χ1n) is 9.19. The van der Waals surface area contributed by atoms with Crippen molar-refractivity contribution in [3.8, 4) is 0 Å². The molecule has 2 aromatic carbocycles. The molecule has 0 unspecified atom stereocenters. The van der Waals surface area contributed by atoms with E-state index >= 15 is 0 Å². The molecule has 0 saturated carbocycles.